The van der Waals surface area contributed by atoms with Gasteiger partial charge in [-0.1, -0.05) is 35.9 Å². The lowest BCUT2D eigenvalue weighted by molar-refractivity contribution is -0.119. The Morgan fingerprint density at radius 3 is 2.52 bits per heavy atom. The maximum atomic E-state index is 13.6. The number of thiophene rings is 1. The molecule has 160 valence electrons. The van der Waals surface area contributed by atoms with E-state index in [1.54, 1.807) is 36.2 Å². The molecule has 2 atom stereocenters. The van der Waals surface area contributed by atoms with Gasteiger partial charge in [0.05, 0.1) is 36.9 Å². The van der Waals surface area contributed by atoms with Crippen molar-refractivity contribution in [1.82, 2.24) is 4.90 Å². The average Bonchev–Trinajstić information content (AvgIpc) is 3.30. The van der Waals surface area contributed by atoms with Crippen LogP contribution in [-0.4, -0.2) is 38.0 Å². The van der Waals surface area contributed by atoms with E-state index in [-0.39, 0.29) is 11.8 Å². The number of rotatable bonds is 5. The maximum absolute atomic E-state index is 13.6. The zero-order valence-corrected chi connectivity index (χ0v) is 18.8. The van der Waals surface area contributed by atoms with Crippen LogP contribution in [0.4, 0.5) is 5.69 Å². The normalized spacial score (nSPS) is 17.8. The van der Waals surface area contributed by atoms with E-state index in [0.29, 0.717) is 33.3 Å². The van der Waals surface area contributed by atoms with Gasteiger partial charge in [0.2, 0.25) is 5.91 Å². The highest BCUT2D eigenvalue weighted by Crippen LogP contribution is 2.44. The minimum Gasteiger partial charge on any atom is -0.495 e. The first-order chi connectivity index (χ1) is 15.0. The SMILES string of the molecule is COc1cc(OC)c(NC(=O)[C@@H]2c3ccccc3C(=O)N(C)[C@@H]2c2cccs2)cc1Cl. The first-order valence-corrected chi connectivity index (χ1v) is 10.8. The third-order valence-corrected chi connectivity index (χ3v) is 6.67. The smallest absolute Gasteiger partial charge is 0.254 e. The van der Waals surface area contributed by atoms with Crippen LogP contribution in [-0.2, 0) is 4.79 Å². The number of likely N-dealkylation sites (N-methyl/N-ethyl adjacent to an activating group) is 1. The molecule has 0 saturated heterocycles. The lowest BCUT2D eigenvalue weighted by Gasteiger charge is -2.39. The standard InChI is InChI=1S/C23H21ClN2O4S/c1-26-21(19-9-6-10-31-19)20(13-7-4-5-8-14(13)23(26)28)22(27)25-16-11-15(24)17(29-2)12-18(16)30-3/h4-12,20-21H,1-3H3,(H,25,27)/t20-,21-/m1/s1. The second kappa shape index (κ2) is 8.61. The number of hydrogen-bond acceptors (Lipinski definition) is 5. The zero-order chi connectivity index (χ0) is 22.1. The van der Waals surface area contributed by atoms with Gasteiger partial charge < -0.3 is 19.7 Å². The Bertz CT molecular complexity index is 1130. The van der Waals surface area contributed by atoms with Crippen LogP contribution in [0.25, 0.3) is 0 Å². The number of methoxy groups -OCH3 is 2. The van der Waals surface area contributed by atoms with E-state index < -0.39 is 12.0 Å². The number of carbonyl (C=O) groups is 2. The molecule has 0 unspecified atom stereocenters. The van der Waals surface area contributed by atoms with Crippen molar-refractivity contribution < 1.29 is 19.1 Å². The van der Waals surface area contributed by atoms with Gasteiger partial charge in [0, 0.05) is 23.6 Å². The first-order valence-electron chi connectivity index (χ1n) is 9.58. The van der Waals surface area contributed by atoms with Crippen LogP contribution in [0.2, 0.25) is 5.02 Å². The summed E-state index contributed by atoms with van der Waals surface area (Å²) < 4.78 is 10.7. The summed E-state index contributed by atoms with van der Waals surface area (Å²) in [6.45, 7) is 0. The maximum Gasteiger partial charge on any atom is 0.254 e. The van der Waals surface area contributed by atoms with E-state index in [1.807, 2.05) is 29.6 Å². The van der Waals surface area contributed by atoms with Crippen molar-refractivity contribution in [1.29, 1.82) is 0 Å². The van der Waals surface area contributed by atoms with Gasteiger partial charge in [-0.3, -0.25) is 9.59 Å². The molecule has 1 N–H and O–H groups in total. The van der Waals surface area contributed by atoms with Crippen LogP contribution < -0.4 is 14.8 Å². The summed E-state index contributed by atoms with van der Waals surface area (Å²) in [4.78, 5) is 29.2. The van der Waals surface area contributed by atoms with Crippen molar-refractivity contribution >= 4 is 40.4 Å². The molecule has 31 heavy (non-hydrogen) atoms. The van der Waals surface area contributed by atoms with E-state index in [4.69, 9.17) is 21.1 Å². The van der Waals surface area contributed by atoms with Gasteiger partial charge in [-0.15, -0.1) is 11.3 Å². The summed E-state index contributed by atoms with van der Waals surface area (Å²) in [5.41, 5.74) is 1.65. The summed E-state index contributed by atoms with van der Waals surface area (Å²) in [7, 11) is 4.75. The molecule has 2 heterocycles. The lowest BCUT2D eigenvalue weighted by atomic mass is 9.81. The Hall–Kier alpha value is -3.03. The van der Waals surface area contributed by atoms with E-state index >= 15 is 0 Å². The monoisotopic (exact) mass is 456 g/mol. The van der Waals surface area contributed by atoms with E-state index in [1.165, 1.54) is 25.6 Å². The summed E-state index contributed by atoms with van der Waals surface area (Å²) in [5.74, 6) is -0.104. The highest BCUT2D eigenvalue weighted by atomic mass is 35.5. The molecule has 4 rings (SSSR count). The van der Waals surface area contributed by atoms with Gasteiger partial charge in [0.1, 0.15) is 11.5 Å². The fourth-order valence-electron chi connectivity index (χ4n) is 3.94. The van der Waals surface area contributed by atoms with Crippen molar-refractivity contribution in [3.63, 3.8) is 0 Å². The van der Waals surface area contributed by atoms with E-state index in [9.17, 15) is 9.59 Å². The quantitative estimate of drug-likeness (QED) is 0.588. The van der Waals surface area contributed by atoms with Gasteiger partial charge in [-0.2, -0.15) is 0 Å². The molecule has 1 aromatic heterocycles. The molecule has 1 aliphatic rings. The summed E-state index contributed by atoms with van der Waals surface area (Å²) in [5, 5.41) is 5.25. The fraction of sp³-hybridized carbons (Fsp3) is 0.217. The van der Waals surface area contributed by atoms with Gasteiger partial charge in [-0.05, 0) is 29.1 Å². The number of nitrogens with one attached hydrogen (secondary N) is 1. The number of benzene rings is 2. The van der Waals surface area contributed by atoms with Gasteiger partial charge >= 0.3 is 0 Å². The Kier molecular flexibility index (Phi) is 5.89. The predicted octanol–water partition coefficient (Wildman–Crippen LogP) is 4.97. The highest BCUT2D eigenvalue weighted by molar-refractivity contribution is 7.10. The van der Waals surface area contributed by atoms with Crippen molar-refractivity contribution in [3.05, 3.63) is 74.9 Å². The molecular formula is C23H21ClN2O4S. The van der Waals surface area contributed by atoms with Crippen molar-refractivity contribution in [3.8, 4) is 11.5 Å². The third-order valence-electron chi connectivity index (χ3n) is 5.43. The lowest BCUT2D eigenvalue weighted by Crippen LogP contribution is -2.43. The van der Waals surface area contributed by atoms with Crippen LogP contribution in [0.1, 0.15) is 32.8 Å². The largest absolute Gasteiger partial charge is 0.495 e. The molecule has 0 spiro atoms. The number of fused-ring (bicyclic) bond motifs is 1. The number of anilines is 1. The Balaban J connectivity index is 1.79. The molecule has 0 fully saturated rings. The van der Waals surface area contributed by atoms with E-state index in [0.717, 1.165) is 4.88 Å². The van der Waals surface area contributed by atoms with Crippen LogP contribution in [0, 0.1) is 0 Å². The number of nitrogens with zero attached hydrogens (tertiary/aromatic N) is 1. The molecule has 0 radical (unpaired) electrons. The molecule has 8 heteroatoms. The summed E-state index contributed by atoms with van der Waals surface area (Å²) in [6.07, 6.45) is 0. The van der Waals surface area contributed by atoms with Crippen LogP contribution in [0.5, 0.6) is 11.5 Å². The molecule has 1 aliphatic heterocycles. The molecule has 0 bridgehead atoms. The second-order valence-electron chi connectivity index (χ2n) is 7.12. The first kappa shape index (κ1) is 21.2. The highest BCUT2D eigenvalue weighted by Gasteiger charge is 2.43. The van der Waals surface area contributed by atoms with Crippen molar-refractivity contribution in [2.24, 2.45) is 0 Å². The van der Waals surface area contributed by atoms with Gasteiger partial charge in [0.25, 0.3) is 5.91 Å². The molecule has 6 nitrogen and oxygen atoms in total. The zero-order valence-electron chi connectivity index (χ0n) is 17.2. The minimum atomic E-state index is -0.608. The Morgan fingerprint density at radius 1 is 1.10 bits per heavy atom. The van der Waals surface area contributed by atoms with Gasteiger partial charge in [0.15, 0.2) is 0 Å². The van der Waals surface area contributed by atoms with Crippen LogP contribution in [0.3, 0.4) is 0 Å². The number of hydrogen-bond donors (Lipinski definition) is 1. The number of amides is 2. The molecule has 0 saturated carbocycles. The number of carbonyl (C=O) groups excluding carboxylic acids is 2. The van der Waals surface area contributed by atoms with E-state index in [2.05, 4.69) is 5.32 Å². The molecule has 2 aromatic carbocycles. The topological polar surface area (TPSA) is 67.9 Å². The number of ether oxygens (including phenoxy) is 2. The average molecular weight is 457 g/mol. The van der Waals surface area contributed by atoms with Crippen LogP contribution >= 0.6 is 22.9 Å². The van der Waals surface area contributed by atoms with Crippen molar-refractivity contribution in [2.75, 3.05) is 26.6 Å². The van der Waals surface area contributed by atoms with Crippen LogP contribution in [0.15, 0.2) is 53.9 Å². The number of halogens is 1. The summed E-state index contributed by atoms with van der Waals surface area (Å²) >= 11 is 7.79. The molecule has 2 amide bonds. The molecule has 0 aliphatic carbocycles. The molecular weight excluding hydrogens is 436 g/mol. The third kappa shape index (κ3) is 3.75. The van der Waals surface area contributed by atoms with Gasteiger partial charge in [-0.25, -0.2) is 0 Å². The Labute approximate surface area is 189 Å². The second-order valence-corrected chi connectivity index (χ2v) is 8.50. The predicted molar refractivity (Wildman–Crippen MR) is 122 cm³/mol. The molecule has 3 aromatic rings. The van der Waals surface area contributed by atoms with Crippen molar-refractivity contribution in [2.45, 2.75) is 12.0 Å². The minimum absolute atomic E-state index is 0.108. The summed E-state index contributed by atoms with van der Waals surface area (Å²) in [6, 6.07) is 13.9. The fourth-order valence-corrected chi connectivity index (χ4v) is 5.09. The Morgan fingerprint density at radius 2 is 1.84 bits per heavy atom.